The zero-order chi connectivity index (χ0) is 89.8. The Labute approximate surface area is 741 Å². The number of ether oxygens (including phenoxy) is 10. The number of Topliss-reactive ketones (excluding diaryl/α,β-unsaturated/α-hetero) is 2. The van der Waals surface area contributed by atoms with Crippen LogP contribution in [0.1, 0.15) is 143 Å². The minimum atomic E-state index is -1.36. The molecule has 674 valence electrons. The number of methoxy groups -OCH3 is 3. The van der Waals surface area contributed by atoms with Gasteiger partial charge in [0.05, 0.1) is 60.4 Å². The molecule has 12 atom stereocenters. The number of hydrogen-bond donors (Lipinski definition) is 8. The summed E-state index contributed by atoms with van der Waals surface area (Å²) in [6, 6.07) is 25.6. The van der Waals surface area contributed by atoms with Gasteiger partial charge in [-0.3, -0.25) is 49.3 Å². The summed E-state index contributed by atoms with van der Waals surface area (Å²) in [7, 11) is 4.47. The average molecular weight is 1760 g/mol. The Morgan fingerprint density at radius 3 is 1.50 bits per heavy atom. The van der Waals surface area contributed by atoms with Gasteiger partial charge in [0.25, 0.3) is 5.91 Å². The number of piperidine rings is 3. The molecule has 23 rings (SSSR count). The van der Waals surface area contributed by atoms with E-state index in [0.717, 1.165) is 90.7 Å². The number of ketones is 2. The van der Waals surface area contributed by atoms with Crippen LogP contribution < -0.4 is 64.3 Å². The maximum absolute atomic E-state index is 13.5. The molecule has 3 spiro atoms. The van der Waals surface area contributed by atoms with E-state index in [1.165, 1.54) is 111 Å². The van der Waals surface area contributed by atoms with Crippen LogP contribution in [0.3, 0.4) is 0 Å². The van der Waals surface area contributed by atoms with Crippen molar-refractivity contribution in [3.8, 4) is 57.9 Å². The van der Waals surface area contributed by atoms with Gasteiger partial charge in [0.2, 0.25) is 17.6 Å². The molecule has 129 heavy (non-hydrogen) atoms. The van der Waals surface area contributed by atoms with Gasteiger partial charge >= 0.3 is 24.1 Å². The van der Waals surface area contributed by atoms with Crippen LogP contribution >= 0.6 is 0 Å². The number of esters is 2. The summed E-state index contributed by atoms with van der Waals surface area (Å²) in [4.78, 5) is 127. The molecule has 6 bridgehead atoms. The molecule has 5 saturated carbocycles. The molecule has 3 amide bonds. The normalized spacial score (nSPS) is 28.2. The molecule has 9 aliphatic carbocycles. The highest BCUT2D eigenvalue weighted by atomic mass is 16.6. The summed E-state index contributed by atoms with van der Waals surface area (Å²) in [5.41, 5.74) is 6.02. The molecule has 15 aliphatic rings. The number of amides is 3. The number of likely N-dealkylation sites (tertiary alicyclic amines) is 3. The second-order valence-corrected chi connectivity index (χ2v) is 36.1. The van der Waals surface area contributed by atoms with Crippen LogP contribution in [0.15, 0.2) is 128 Å². The van der Waals surface area contributed by atoms with Gasteiger partial charge in [0.1, 0.15) is 65.7 Å². The number of benzene rings is 4. The van der Waals surface area contributed by atoms with Crippen LogP contribution in [0.5, 0.6) is 57.9 Å². The number of hydrogen-bond acceptors (Lipinski definition) is 33. The number of para-hydroxylation sites is 1. The Hall–Kier alpha value is -12.8. The third-order valence-electron chi connectivity index (χ3n) is 28.7. The lowest BCUT2D eigenvalue weighted by Gasteiger charge is -2.63. The number of phenols is 1. The predicted molar refractivity (Wildman–Crippen MR) is 458 cm³/mol. The Balaban J connectivity index is 0.000000111. The van der Waals surface area contributed by atoms with E-state index >= 15 is 0 Å². The fourth-order valence-corrected chi connectivity index (χ4v) is 22.8. The van der Waals surface area contributed by atoms with Crippen molar-refractivity contribution < 1.29 is 101 Å². The number of nitrogens with zero attached hydrogens (tertiary/aromatic N) is 11. The van der Waals surface area contributed by atoms with E-state index in [1.807, 2.05) is 31.2 Å². The molecule has 8 aromatic rings. The van der Waals surface area contributed by atoms with E-state index in [0.29, 0.717) is 127 Å². The number of aliphatic hydroxyl groups excluding tert-OH is 1. The molecule has 36 heteroatoms. The number of aryl methyl sites for hydroxylation is 1. The highest BCUT2D eigenvalue weighted by molar-refractivity contribution is 6.04. The minimum Gasteiger partial charge on any atom is -0.508 e. The minimum absolute atomic E-state index is 0.0109. The van der Waals surface area contributed by atoms with Crippen molar-refractivity contribution in [1.82, 2.24) is 54.6 Å². The molecule has 3 unspecified atom stereocenters. The standard InChI is InChI=1S/C28H30N4O6.C26H28N4O6.C22H25NO5.C12H11N3O3.C5H7N3O/c1-15-11-22(30-14-29-15)31-26(35)38-28-8-7-19(34)25-27(28)9-10-32(13-17-3-4-17)21(28)12-18-5-6-20(36-16(2)33)24(37-25)23(18)27;1-35-19-9-18(27-12-28-19)29-24(33)15-10-26(34)17-8-14-4-5-16(31)22-20(14)25(26,23(36-22)21(15)32)6-7-30(17)11-13-2-3-13;1-12(24)27-16-5-4-14-10-17-22(26)7-6-15(25)20-21(22,18(14)19(16)28-20)8-9-23(17)11-13-2-3-13;1-17-11-7-10(13-8-14-11)15-12(16)18-9-5-3-2-4-6-9;1-9-5-2-4(6)7-3-8-5/h5-6,11,14,17,21,25H,3-4,7-10,12-13H2,1-2H3,(H,29,30,31,35);4-5,9,12-13,17,23,31-32,34H,2-3,6-8,10-11H2,1H3,(H,27,28,29,33);4-5,13,17,20,26H,2-3,6-11H2,1H3;2-8H,1H3,(H,13,14,15,16);2-3H,1H3,(H2,6,7,8)/t21-,25?,27+,28-;17-,23?,25+,26-;17-,20?,21+,22-;;/m111../s1. The fraction of sp³-hybridized carbons (Fsp3) is 0.473. The first kappa shape index (κ1) is 85.7. The van der Waals surface area contributed by atoms with Gasteiger partial charge in [-0.1, -0.05) is 36.4 Å². The summed E-state index contributed by atoms with van der Waals surface area (Å²) in [6.45, 7) is 9.83. The summed E-state index contributed by atoms with van der Waals surface area (Å²) in [6.07, 6.45) is 14.3. The molecule has 9 N–H and O–H groups in total. The van der Waals surface area contributed by atoms with Crippen LogP contribution in [0, 0.1) is 24.7 Å². The van der Waals surface area contributed by atoms with E-state index in [-0.39, 0.29) is 71.3 Å². The molecule has 6 aliphatic heterocycles. The summed E-state index contributed by atoms with van der Waals surface area (Å²) >= 11 is 0. The second kappa shape index (κ2) is 33.4. The van der Waals surface area contributed by atoms with Crippen LogP contribution in [0.25, 0.3) is 0 Å². The number of nitrogens with one attached hydrogen (secondary N) is 3. The maximum atomic E-state index is 13.5. The van der Waals surface area contributed by atoms with Gasteiger partial charge < -0.3 is 78.8 Å². The monoisotopic (exact) mass is 1760 g/mol. The highest BCUT2D eigenvalue weighted by Crippen LogP contribution is 2.70. The Morgan fingerprint density at radius 2 is 0.953 bits per heavy atom. The zero-order valence-electron chi connectivity index (χ0n) is 72.2. The highest BCUT2D eigenvalue weighted by Gasteiger charge is 2.78. The summed E-state index contributed by atoms with van der Waals surface area (Å²) < 4.78 is 56.1. The molecule has 4 aromatic heterocycles. The van der Waals surface area contributed by atoms with Crippen molar-refractivity contribution in [2.75, 3.05) is 82.3 Å². The number of carbonyl (C=O) groups excluding carboxylic acids is 7. The first-order valence-corrected chi connectivity index (χ1v) is 43.9. The van der Waals surface area contributed by atoms with Crippen molar-refractivity contribution >= 4 is 64.9 Å². The van der Waals surface area contributed by atoms with Gasteiger partial charge in [-0.15, -0.1) is 0 Å². The lowest BCUT2D eigenvalue weighted by Crippen LogP contribution is -2.78. The summed E-state index contributed by atoms with van der Waals surface area (Å²) in [5, 5.41) is 54.8. The van der Waals surface area contributed by atoms with E-state index in [1.54, 1.807) is 54.6 Å². The fourth-order valence-electron chi connectivity index (χ4n) is 22.8. The molecule has 36 nitrogen and oxygen atoms in total. The maximum Gasteiger partial charge on any atom is 0.418 e. The molecule has 4 aromatic carbocycles. The number of rotatable bonds is 17. The van der Waals surface area contributed by atoms with E-state index < -0.39 is 81.4 Å². The lowest BCUT2D eigenvalue weighted by molar-refractivity contribution is -0.188. The Morgan fingerprint density at radius 1 is 0.496 bits per heavy atom. The van der Waals surface area contributed by atoms with Gasteiger partial charge in [0, 0.05) is 111 Å². The van der Waals surface area contributed by atoms with Crippen molar-refractivity contribution in [2.24, 2.45) is 17.8 Å². The van der Waals surface area contributed by atoms with Crippen LogP contribution in [-0.2, 0) is 64.2 Å². The number of aromatic hydroxyl groups is 1. The first-order chi connectivity index (χ1) is 62.2. The number of anilines is 4. The first-order valence-electron chi connectivity index (χ1n) is 43.9. The van der Waals surface area contributed by atoms with E-state index in [9.17, 15) is 54.0 Å². The van der Waals surface area contributed by atoms with Crippen molar-refractivity contribution in [1.29, 1.82) is 0 Å². The van der Waals surface area contributed by atoms with Gasteiger partial charge in [0.15, 0.2) is 64.4 Å². The molecule has 8 fully saturated rings. The van der Waals surface area contributed by atoms with Crippen LogP contribution in [-0.4, -0.2) is 230 Å². The Kier molecular flexibility index (Phi) is 22.2. The third-order valence-corrected chi connectivity index (χ3v) is 28.7. The van der Waals surface area contributed by atoms with Crippen molar-refractivity contribution in [3.05, 3.63) is 167 Å². The van der Waals surface area contributed by atoms with Crippen LogP contribution in [0.2, 0.25) is 0 Å². The van der Waals surface area contributed by atoms with Crippen LogP contribution in [0.4, 0.5) is 32.9 Å². The van der Waals surface area contributed by atoms with E-state index in [4.69, 9.17) is 53.1 Å². The molecular weight excluding hydrogens is 1660 g/mol. The molecular formula is C93H101N15O21. The number of carbonyl (C=O) groups is 7. The topological polar surface area (TPSA) is 468 Å². The molecule has 10 heterocycles. The van der Waals surface area contributed by atoms with Gasteiger partial charge in [-0.25, -0.2) is 49.5 Å². The zero-order valence-corrected chi connectivity index (χ0v) is 72.2. The van der Waals surface area contributed by atoms with Gasteiger partial charge in [-0.2, -0.15) is 0 Å². The third kappa shape index (κ3) is 15.0. The number of nitrogen functional groups attached to an aromatic ring is 1. The smallest absolute Gasteiger partial charge is 0.418 e. The largest absolute Gasteiger partial charge is 0.508 e. The molecule has 0 radical (unpaired) electrons. The molecule has 3 saturated heterocycles. The predicted octanol–water partition coefficient (Wildman–Crippen LogP) is 8.82. The summed E-state index contributed by atoms with van der Waals surface area (Å²) in [5.74, 6) is 5.21. The second-order valence-electron chi connectivity index (χ2n) is 36.1. The number of aliphatic hydroxyl groups is 3. The SMILES string of the molecule is CC(=O)Oc1ccc2c3c1OC1C(=O)CC[C@@]4(O)[C@@H](C2)N(CC2CC2)CC[C@]314.CC(=O)Oc1ccc2c3c1OC1C(=O)CC[C@@]4(OC(=O)Nc5cc(C)ncn5)[C@@H](C2)N(CC2CC2)CC[C@]314.COc1cc(N)ncn1.COc1cc(NC(=O)C2=C(O)C3Oc4c(O)ccc5c4[C@@]34CCN(CC3CC3)[C@H](C5)[C@]4(O)C2)ncn1.COc1cc(NC(=O)Oc2ccccc2)ncn1. The number of phenolic OH excluding ortho intramolecular Hbond substituents is 1. The lowest BCUT2D eigenvalue weighted by atomic mass is 9.48. The number of aromatic nitrogens is 8. The van der Waals surface area contributed by atoms with Crippen molar-refractivity contribution in [2.45, 2.75) is 199 Å². The van der Waals surface area contributed by atoms with E-state index in [2.05, 4.69) is 70.5 Å². The Bertz CT molecular complexity index is 5860. The van der Waals surface area contributed by atoms with Crippen molar-refractivity contribution in [3.63, 3.8) is 0 Å². The average Bonchev–Trinajstić information content (AvgIpc) is 1.56. The quantitative estimate of drug-likeness (QED) is 0.0311. The van der Waals surface area contributed by atoms with Gasteiger partial charge in [-0.05, 0) is 181 Å². The number of nitrogens with two attached hydrogens (primary N) is 1.